The SMILES string of the molecule is CC1(C)CCC[C@@H]([C@@H](O)c2cccc(F)c2)N1.Cl. The molecule has 2 N–H and O–H groups in total. The summed E-state index contributed by atoms with van der Waals surface area (Å²) in [6.45, 7) is 4.27. The van der Waals surface area contributed by atoms with Crippen LogP contribution in [0.3, 0.4) is 0 Å². The zero-order valence-electron chi connectivity index (χ0n) is 10.8. The molecule has 1 aromatic rings. The van der Waals surface area contributed by atoms with Gasteiger partial charge in [-0.05, 0) is 50.8 Å². The lowest BCUT2D eigenvalue weighted by molar-refractivity contribution is 0.0842. The van der Waals surface area contributed by atoms with Crippen LogP contribution in [0.1, 0.15) is 44.8 Å². The van der Waals surface area contributed by atoms with Gasteiger partial charge in [-0.15, -0.1) is 12.4 Å². The molecular formula is C14H21ClFNO. The van der Waals surface area contributed by atoms with E-state index in [4.69, 9.17) is 0 Å². The van der Waals surface area contributed by atoms with E-state index in [-0.39, 0.29) is 29.8 Å². The molecule has 0 amide bonds. The number of hydrogen-bond donors (Lipinski definition) is 2. The standard InChI is InChI=1S/C14H20FNO.ClH/c1-14(2)8-4-7-12(16-14)13(17)10-5-3-6-11(15)9-10;/h3,5-6,9,12-13,16-17H,4,7-8H2,1-2H3;1H/t12-,13-;/m0./s1. The number of piperidine rings is 1. The Morgan fingerprint density at radius 1 is 1.44 bits per heavy atom. The Balaban J connectivity index is 0.00000162. The van der Waals surface area contributed by atoms with E-state index in [1.165, 1.54) is 12.1 Å². The van der Waals surface area contributed by atoms with Gasteiger partial charge in [-0.1, -0.05) is 12.1 Å². The summed E-state index contributed by atoms with van der Waals surface area (Å²) in [5, 5.41) is 13.7. The van der Waals surface area contributed by atoms with Crippen molar-refractivity contribution in [3.05, 3.63) is 35.6 Å². The van der Waals surface area contributed by atoms with Crippen molar-refractivity contribution in [3.63, 3.8) is 0 Å². The fourth-order valence-corrected chi connectivity index (χ4v) is 2.57. The summed E-state index contributed by atoms with van der Waals surface area (Å²) in [4.78, 5) is 0. The van der Waals surface area contributed by atoms with E-state index < -0.39 is 6.10 Å². The summed E-state index contributed by atoms with van der Waals surface area (Å²) in [5.74, 6) is -0.295. The van der Waals surface area contributed by atoms with Gasteiger partial charge < -0.3 is 10.4 Å². The molecule has 0 aliphatic carbocycles. The first-order valence-corrected chi connectivity index (χ1v) is 6.19. The number of rotatable bonds is 2. The summed E-state index contributed by atoms with van der Waals surface area (Å²) < 4.78 is 13.1. The number of benzene rings is 1. The maximum Gasteiger partial charge on any atom is 0.123 e. The van der Waals surface area contributed by atoms with Gasteiger partial charge in [0, 0.05) is 11.6 Å². The van der Waals surface area contributed by atoms with Crippen LogP contribution in [-0.4, -0.2) is 16.7 Å². The van der Waals surface area contributed by atoms with Crippen molar-refractivity contribution >= 4 is 12.4 Å². The maximum absolute atomic E-state index is 13.1. The minimum atomic E-state index is -0.634. The largest absolute Gasteiger partial charge is 0.387 e. The second-order valence-corrected chi connectivity index (χ2v) is 5.53. The predicted molar refractivity (Wildman–Crippen MR) is 73.5 cm³/mol. The second-order valence-electron chi connectivity index (χ2n) is 5.53. The van der Waals surface area contributed by atoms with Crippen molar-refractivity contribution in [3.8, 4) is 0 Å². The molecule has 2 atom stereocenters. The topological polar surface area (TPSA) is 32.3 Å². The Labute approximate surface area is 114 Å². The molecule has 0 unspecified atom stereocenters. The highest BCUT2D eigenvalue weighted by Crippen LogP contribution is 2.29. The van der Waals surface area contributed by atoms with E-state index in [0.29, 0.717) is 5.56 Å². The first-order valence-electron chi connectivity index (χ1n) is 6.19. The number of nitrogens with one attached hydrogen (secondary N) is 1. The number of halogens is 2. The van der Waals surface area contributed by atoms with Crippen LogP contribution in [0.4, 0.5) is 4.39 Å². The van der Waals surface area contributed by atoms with Crippen LogP contribution in [0.2, 0.25) is 0 Å². The lowest BCUT2D eigenvalue weighted by atomic mass is 9.85. The third kappa shape index (κ3) is 3.67. The van der Waals surface area contributed by atoms with Crippen LogP contribution in [-0.2, 0) is 0 Å². The second kappa shape index (κ2) is 6.00. The van der Waals surface area contributed by atoms with Gasteiger partial charge in [0.15, 0.2) is 0 Å². The van der Waals surface area contributed by atoms with E-state index in [0.717, 1.165) is 19.3 Å². The zero-order valence-corrected chi connectivity index (χ0v) is 11.6. The molecule has 4 heteroatoms. The molecule has 1 heterocycles. The van der Waals surface area contributed by atoms with Crippen LogP contribution < -0.4 is 5.32 Å². The molecule has 2 nitrogen and oxygen atoms in total. The van der Waals surface area contributed by atoms with Gasteiger partial charge in [0.2, 0.25) is 0 Å². The summed E-state index contributed by atoms with van der Waals surface area (Å²) in [6, 6.07) is 6.24. The average Bonchev–Trinajstić information content (AvgIpc) is 2.26. The van der Waals surface area contributed by atoms with E-state index in [9.17, 15) is 9.50 Å². The zero-order chi connectivity index (χ0) is 12.5. The molecule has 102 valence electrons. The summed E-state index contributed by atoms with van der Waals surface area (Å²) in [5.41, 5.74) is 0.706. The van der Waals surface area contributed by atoms with Crippen LogP contribution in [0, 0.1) is 5.82 Å². The van der Waals surface area contributed by atoms with Crippen molar-refractivity contribution in [2.75, 3.05) is 0 Å². The molecule has 1 aliphatic heterocycles. The molecular weight excluding hydrogens is 253 g/mol. The van der Waals surface area contributed by atoms with Crippen LogP contribution in [0.15, 0.2) is 24.3 Å². The molecule has 1 aromatic carbocycles. The van der Waals surface area contributed by atoms with E-state index >= 15 is 0 Å². The average molecular weight is 274 g/mol. The van der Waals surface area contributed by atoms with Gasteiger partial charge in [-0.2, -0.15) is 0 Å². The van der Waals surface area contributed by atoms with Crippen LogP contribution >= 0.6 is 12.4 Å². The van der Waals surface area contributed by atoms with Gasteiger partial charge in [0.05, 0.1) is 6.10 Å². The van der Waals surface area contributed by atoms with Crippen molar-refractivity contribution < 1.29 is 9.50 Å². The number of aliphatic hydroxyl groups is 1. The molecule has 2 rings (SSSR count). The molecule has 0 radical (unpaired) electrons. The van der Waals surface area contributed by atoms with E-state index in [2.05, 4.69) is 19.2 Å². The first-order chi connectivity index (χ1) is 7.98. The lowest BCUT2D eigenvalue weighted by Crippen LogP contribution is -2.51. The summed E-state index contributed by atoms with van der Waals surface area (Å²) in [7, 11) is 0. The quantitative estimate of drug-likeness (QED) is 0.867. The van der Waals surface area contributed by atoms with Gasteiger partial charge in [0.25, 0.3) is 0 Å². The maximum atomic E-state index is 13.1. The highest BCUT2D eigenvalue weighted by molar-refractivity contribution is 5.85. The van der Waals surface area contributed by atoms with Crippen molar-refractivity contribution in [2.24, 2.45) is 0 Å². The number of hydrogen-bond acceptors (Lipinski definition) is 2. The smallest absolute Gasteiger partial charge is 0.123 e. The Bertz CT molecular complexity index is 397. The molecule has 1 aliphatic rings. The van der Waals surface area contributed by atoms with Crippen molar-refractivity contribution in [1.29, 1.82) is 0 Å². The van der Waals surface area contributed by atoms with Gasteiger partial charge in [-0.25, -0.2) is 4.39 Å². The molecule has 1 saturated heterocycles. The van der Waals surface area contributed by atoms with Gasteiger partial charge >= 0.3 is 0 Å². The van der Waals surface area contributed by atoms with Gasteiger partial charge in [-0.3, -0.25) is 0 Å². The highest BCUT2D eigenvalue weighted by atomic mass is 35.5. The minimum Gasteiger partial charge on any atom is -0.387 e. The fourth-order valence-electron chi connectivity index (χ4n) is 2.57. The third-order valence-corrected chi connectivity index (χ3v) is 3.46. The van der Waals surface area contributed by atoms with Crippen LogP contribution in [0.25, 0.3) is 0 Å². The molecule has 0 saturated carbocycles. The van der Waals surface area contributed by atoms with Crippen molar-refractivity contribution in [1.82, 2.24) is 5.32 Å². The summed E-state index contributed by atoms with van der Waals surface area (Å²) in [6.07, 6.45) is 2.50. The molecule has 0 bridgehead atoms. The van der Waals surface area contributed by atoms with Gasteiger partial charge in [0.1, 0.15) is 5.82 Å². The van der Waals surface area contributed by atoms with Crippen molar-refractivity contribution in [2.45, 2.75) is 50.8 Å². The molecule has 1 fully saturated rings. The summed E-state index contributed by atoms with van der Waals surface area (Å²) >= 11 is 0. The molecule has 18 heavy (non-hydrogen) atoms. The lowest BCUT2D eigenvalue weighted by Gasteiger charge is -2.39. The Morgan fingerprint density at radius 3 is 2.78 bits per heavy atom. The Kier molecular flexibility index (Phi) is 5.14. The Hall–Kier alpha value is -0.640. The fraction of sp³-hybridized carbons (Fsp3) is 0.571. The third-order valence-electron chi connectivity index (χ3n) is 3.46. The minimum absolute atomic E-state index is 0. The highest BCUT2D eigenvalue weighted by Gasteiger charge is 2.31. The normalized spacial score (nSPS) is 24.1. The van der Waals surface area contributed by atoms with Crippen LogP contribution in [0.5, 0.6) is 0 Å². The monoisotopic (exact) mass is 273 g/mol. The molecule has 0 spiro atoms. The van der Waals surface area contributed by atoms with E-state index in [1.54, 1.807) is 12.1 Å². The predicted octanol–water partition coefficient (Wildman–Crippen LogP) is 3.20. The number of aliphatic hydroxyl groups excluding tert-OH is 1. The Morgan fingerprint density at radius 2 is 2.17 bits per heavy atom. The van der Waals surface area contributed by atoms with E-state index in [1.807, 2.05) is 0 Å². The molecule has 0 aromatic heterocycles. The first kappa shape index (κ1) is 15.4.